The average molecular weight is 332 g/mol. The van der Waals surface area contributed by atoms with Crippen molar-refractivity contribution in [3.63, 3.8) is 0 Å². The second kappa shape index (κ2) is 6.57. The number of hydrogen-bond acceptors (Lipinski definition) is 2. The lowest BCUT2D eigenvalue weighted by Gasteiger charge is -2.14. The van der Waals surface area contributed by atoms with Crippen LogP contribution in [0, 0.1) is 5.82 Å². The van der Waals surface area contributed by atoms with E-state index in [-0.39, 0.29) is 11.7 Å². The van der Waals surface area contributed by atoms with Crippen LogP contribution in [0.3, 0.4) is 0 Å². The number of halogens is 2. The molecular formula is C13H15BrFNOS. The van der Waals surface area contributed by atoms with Gasteiger partial charge in [0.25, 0.3) is 0 Å². The summed E-state index contributed by atoms with van der Waals surface area (Å²) in [4.78, 5) is 13.7. The van der Waals surface area contributed by atoms with Crippen molar-refractivity contribution in [2.75, 3.05) is 18.8 Å². The summed E-state index contributed by atoms with van der Waals surface area (Å²) in [6.07, 6.45) is 2.25. The van der Waals surface area contributed by atoms with Crippen LogP contribution in [0.15, 0.2) is 22.7 Å². The van der Waals surface area contributed by atoms with Crippen molar-refractivity contribution in [1.82, 2.24) is 4.90 Å². The Bertz CT molecular complexity index is 435. The highest BCUT2D eigenvalue weighted by atomic mass is 79.9. The van der Waals surface area contributed by atoms with Gasteiger partial charge in [0.15, 0.2) is 0 Å². The van der Waals surface area contributed by atoms with Crippen LogP contribution < -0.4 is 0 Å². The van der Waals surface area contributed by atoms with Gasteiger partial charge in [-0.15, -0.1) is 11.8 Å². The third-order valence-corrected chi connectivity index (χ3v) is 4.53. The Hall–Kier alpha value is -0.550. The summed E-state index contributed by atoms with van der Waals surface area (Å²) in [6.45, 7) is 1.81. The van der Waals surface area contributed by atoms with E-state index >= 15 is 0 Å². The van der Waals surface area contributed by atoms with Gasteiger partial charge in [0.05, 0.1) is 10.2 Å². The smallest absolute Gasteiger partial charge is 0.232 e. The number of amides is 1. The zero-order valence-electron chi connectivity index (χ0n) is 9.99. The van der Waals surface area contributed by atoms with Crippen molar-refractivity contribution in [2.24, 2.45) is 0 Å². The Morgan fingerprint density at radius 2 is 2.11 bits per heavy atom. The van der Waals surface area contributed by atoms with Crippen molar-refractivity contribution in [3.8, 4) is 0 Å². The number of thioether (sulfide) groups is 1. The van der Waals surface area contributed by atoms with E-state index in [1.807, 2.05) is 4.90 Å². The van der Waals surface area contributed by atoms with Crippen LogP contribution in [0.25, 0.3) is 0 Å². The molecule has 0 aliphatic carbocycles. The van der Waals surface area contributed by atoms with Crippen molar-refractivity contribution >= 4 is 33.6 Å². The largest absolute Gasteiger partial charge is 0.342 e. The number of carbonyl (C=O) groups is 1. The van der Waals surface area contributed by atoms with Gasteiger partial charge in [-0.05, 0) is 46.5 Å². The fraction of sp³-hybridized carbons (Fsp3) is 0.462. The molecule has 1 amide bonds. The highest BCUT2D eigenvalue weighted by Gasteiger charge is 2.17. The van der Waals surface area contributed by atoms with Gasteiger partial charge in [-0.25, -0.2) is 4.39 Å². The first-order chi connectivity index (χ1) is 8.66. The van der Waals surface area contributed by atoms with Crippen molar-refractivity contribution in [3.05, 3.63) is 34.1 Å². The minimum Gasteiger partial charge on any atom is -0.342 e. The third kappa shape index (κ3) is 3.72. The van der Waals surface area contributed by atoms with Crippen LogP contribution in [0.1, 0.15) is 18.4 Å². The maximum Gasteiger partial charge on any atom is 0.232 e. The molecule has 1 saturated heterocycles. The first-order valence-electron chi connectivity index (χ1n) is 5.96. The molecule has 18 heavy (non-hydrogen) atoms. The van der Waals surface area contributed by atoms with Gasteiger partial charge >= 0.3 is 0 Å². The first kappa shape index (κ1) is 13.9. The molecular weight excluding hydrogens is 317 g/mol. The van der Waals surface area contributed by atoms with E-state index in [9.17, 15) is 9.18 Å². The highest BCUT2D eigenvalue weighted by molar-refractivity contribution is 9.10. The van der Waals surface area contributed by atoms with Crippen LogP contribution in [-0.4, -0.2) is 29.6 Å². The summed E-state index contributed by atoms with van der Waals surface area (Å²) in [5, 5.41) is 0. The minimum absolute atomic E-state index is 0.221. The second-order valence-electron chi connectivity index (χ2n) is 4.33. The zero-order chi connectivity index (χ0) is 13.0. The molecule has 98 valence electrons. The molecule has 2 rings (SSSR count). The van der Waals surface area contributed by atoms with E-state index in [0.717, 1.165) is 37.2 Å². The van der Waals surface area contributed by atoms with Crippen LogP contribution in [0.2, 0.25) is 0 Å². The fourth-order valence-corrected chi connectivity index (χ4v) is 3.24. The topological polar surface area (TPSA) is 20.3 Å². The van der Waals surface area contributed by atoms with Crippen LogP contribution in [0.5, 0.6) is 0 Å². The summed E-state index contributed by atoms with van der Waals surface area (Å²) in [5.74, 6) is 1.21. The van der Waals surface area contributed by atoms with E-state index in [1.165, 1.54) is 6.07 Å². The number of rotatable bonds is 4. The molecule has 0 radical (unpaired) electrons. The molecule has 1 fully saturated rings. The Labute approximate surface area is 119 Å². The third-order valence-electron chi connectivity index (χ3n) is 2.94. The lowest BCUT2D eigenvalue weighted by molar-refractivity contribution is -0.127. The van der Waals surface area contributed by atoms with Crippen molar-refractivity contribution in [2.45, 2.75) is 18.6 Å². The molecule has 0 saturated carbocycles. The van der Waals surface area contributed by atoms with Crippen molar-refractivity contribution in [1.29, 1.82) is 0 Å². The summed E-state index contributed by atoms with van der Waals surface area (Å²) in [7, 11) is 0. The van der Waals surface area contributed by atoms with E-state index in [1.54, 1.807) is 23.9 Å². The number of nitrogens with zero attached hydrogens (tertiary/aromatic N) is 1. The number of hydrogen-bond donors (Lipinski definition) is 0. The molecule has 2 nitrogen and oxygen atoms in total. The maximum absolute atomic E-state index is 13.0. The van der Waals surface area contributed by atoms with E-state index in [0.29, 0.717) is 10.2 Å². The SMILES string of the molecule is O=C(CSCc1ccc(F)c(Br)c1)N1CCCC1. The zero-order valence-corrected chi connectivity index (χ0v) is 12.4. The predicted octanol–water partition coefficient (Wildman–Crippen LogP) is 3.44. The Balaban J connectivity index is 1.77. The molecule has 1 aromatic rings. The van der Waals surface area contributed by atoms with Gasteiger partial charge < -0.3 is 4.90 Å². The van der Waals surface area contributed by atoms with Gasteiger partial charge in [-0.1, -0.05) is 6.07 Å². The van der Waals surface area contributed by atoms with Gasteiger partial charge in [0.2, 0.25) is 5.91 Å². The van der Waals surface area contributed by atoms with E-state index in [2.05, 4.69) is 15.9 Å². The Morgan fingerprint density at radius 3 is 2.78 bits per heavy atom. The summed E-state index contributed by atoms with van der Waals surface area (Å²) in [6, 6.07) is 4.97. The molecule has 0 unspecified atom stereocenters. The van der Waals surface area contributed by atoms with Crippen molar-refractivity contribution < 1.29 is 9.18 Å². The van der Waals surface area contributed by atoms with E-state index in [4.69, 9.17) is 0 Å². The lowest BCUT2D eigenvalue weighted by atomic mass is 10.2. The van der Waals surface area contributed by atoms with Gasteiger partial charge in [0, 0.05) is 18.8 Å². The first-order valence-corrected chi connectivity index (χ1v) is 7.91. The molecule has 5 heteroatoms. The summed E-state index contributed by atoms with van der Waals surface area (Å²) >= 11 is 4.74. The highest BCUT2D eigenvalue weighted by Crippen LogP contribution is 2.20. The molecule has 0 bridgehead atoms. The Kier molecular flexibility index (Phi) is 5.06. The molecule has 1 aliphatic heterocycles. The molecule has 1 aromatic carbocycles. The number of likely N-dealkylation sites (tertiary alicyclic amines) is 1. The molecule has 0 atom stereocenters. The minimum atomic E-state index is -0.253. The Morgan fingerprint density at radius 1 is 1.39 bits per heavy atom. The fourth-order valence-electron chi connectivity index (χ4n) is 1.94. The quantitative estimate of drug-likeness (QED) is 0.842. The van der Waals surface area contributed by atoms with Crippen LogP contribution >= 0.6 is 27.7 Å². The monoisotopic (exact) mass is 331 g/mol. The molecule has 1 aliphatic rings. The normalized spacial score (nSPS) is 15.1. The lowest BCUT2D eigenvalue weighted by Crippen LogP contribution is -2.29. The maximum atomic E-state index is 13.0. The molecule has 0 aromatic heterocycles. The van der Waals surface area contributed by atoms with Gasteiger partial charge in [0.1, 0.15) is 5.82 Å². The summed E-state index contributed by atoms with van der Waals surface area (Å²) < 4.78 is 13.5. The molecule has 1 heterocycles. The van der Waals surface area contributed by atoms with Crippen LogP contribution in [-0.2, 0) is 10.5 Å². The second-order valence-corrected chi connectivity index (χ2v) is 6.17. The number of benzene rings is 1. The molecule has 0 spiro atoms. The van der Waals surface area contributed by atoms with Gasteiger partial charge in [-0.3, -0.25) is 4.79 Å². The predicted molar refractivity (Wildman–Crippen MR) is 76.1 cm³/mol. The molecule has 0 N–H and O–H groups in total. The average Bonchev–Trinajstić information content (AvgIpc) is 2.87. The van der Waals surface area contributed by atoms with E-state index < -0.39 is 0 Å². The standard InChI is InChI=1S/C13H15BrFNOS/c14-11-7-10(3-4-12(11)15)8-18-9-13(17)16-5-1-2-6-16/h3-4,7H,1-2,5-6,8-9H2. The number of carbonyl (C=O) groups excluding carboxylic acids is 1. The van der Waals surface area contributed by atoms with Crippen LogP contribution in [0.4, 0.5) is 4.39 Å². The summed E-state index contributed by atoms with van der Waals surface area (Å²) in [5.41, 5.74) is 1.03. The van der Waals surface area contributed by atoms with Gasteiger partial charge in [-0.2, -0.15) is 0 Å².